The van der Waals surface area contributed by atoms with Crippen molar-refractivity contribution in [3.8, 4) is 0 Å². The van der Waals surface area contributed by atoms with Crippen LogP contribution in [0.1, 0.15) is 16.8 Å². The van der Waals surface area contributed by atoms with Crippen LogP contribution in [-0.4, -0.2) is 23.2 Å². The second kappa shape index (κ2) is 15.8. The number of rotatable bonds is 8. The van der Waals surface area contributed by atoms with Crippen LogP contribution in [0.2, 0.25) is 30.1 Å². The number of hydrogen-bond acceptors (Lipinski definition) is 6. The maximum absolute atomic E-state index is 11.3. The van der Waals surface area contributed by atoms with Gasteiger partial charge in [-0.05, 0) is 48.6 Å². The lowest BCUT2D eigenvalue weighted by molar-refractivity contribution is 0.0953. The lowest BCUT2D eigenvalue weighted by Gasteiger charge is -2.08. The van der Waals surface area contributed by atoms with Crippen LogP contribution in [0.25, 0.3) is 0 Å². The van der Waals surface area contributed by atoms with Crippen molar-refractivity contribution in [2.45, 2.75) is 16.2 Å². The standard InChI is InChI=1S/C12H4Cl6OS2.C9H12N2OS/c13-5-1-7(15)11(8(16)2-5)20-19-21-12-9(17)3-6(14)4-10(12)18;12-9(11-5-2-6-13)8-3-1-4-10-7-8/h1-4H;1,3-4,7,13H,2,5-6H2,(H,11,12). The van der Waals surface area contributed by atoms with Crippen LogP contribution in [0.15, 0.2) is 58.6 Å². The Hall–Kier alpha value is -0.190. The van der Waals surface area contributed by atoms with Crippen LogP contribution in [0.5, 0.6) is 0 Å². The molecule has 1 amide bonds. The Bertz CT molecular complexity index is 1010. The van der Waals surface area contributed by atoms with Gasteiger partial charge in [0.2, 0.25) is 0 Å². The minimum absolute atomic E-state index is 0.0742. The number of thiol groups is 1. The highest BCUT2D eigenvalue weighted by atomic mass is 35.5. The monoisotopic (exact) mass is 634 g/mol. The molecule has 182 valence electrons. The van der Waals surface area contributed by atoms with Gasteiger partial charge in [-0.25, -0.2) is 3.63 Å². The molecule has 0 aliphatic heterocycles. The quantitative estimate of drug-likeness (QED) is 0.147. The molecule has 13 heteroatoms. The topological polar surface area (TPSA) is 51.2 Å². The van der Waals surface area contributed by atoms with E-state index in [-0.39, 0.29) is 5.91 Å². The molecule has 0 unspecified atom stereocenters. The Balaban J connectivity index is 0.000000270. The molecule has 1 aromatic heterocycles. The summed E-state index contributed by atoms with van der Waals surface area (Å²) in [4.78, 5) is 16.3. The largest absolute Gasteiger partial charge is 0.352 e. The summed E-state index contributed by atoms with van der Waals surface area (Å²) in [5, 5.41) is 5.25. The van der Waals surface area contributed by atoms with E-state index < -0.39 is 0 Å². The van der Waals surface area contributed by atoms with E-state index in [2.05, 4.69) is 22.9 Å². The van der Waals surface area contributed by atoms with Gasteiger partial charge in [0, 0.05) is 53.1 Å². The van der Waals surface area contributed by atoms with Crippen molar-refractivity contribution >= 4 is 112 Å². The molecule has 0 spiro atoms. The van der Waals surface area contributed by atoms with Gasteiger partial charge < -0.3 is 5.32 Å². The highest BCUT2D eigenvalue weighted by Crippen LogP contribution is 2.43. The summed E-state index contributed by atoms with van der Waals surface area (Å²) < 4.78 is 5.42. The van der Waals surface area contributed by atoms with Crippen LogP contribution in [0, 0.1) is 0 Å². The first-order valence-corrected chi connectivity index (χ1v) is 13.7. The minimum Gasteiger partial charge on any atom is -0.352 e. The van der Waals surface area contributed by atoms with E-state index in [1.807, 2.05) is 0 Å². The molecule has 1 N–H and O–H groups in total. The number of carbonyl (C=O) groups excluding carboxylic acids is 1. The van der Waals surface area contributed by atoms with Gasteiger partial charge >= 0.3 is 0 Å². The molecular weight excluding hydrogens is 621 g/mol. The summed E-state index contributed by atoms with van der Waals surface area (Å²) in [6.45, 7) is 0.664. The molecule has 1 heterocycles. The highest BCUT2D eigenvalue weighted by molar-refractivity contribution is 8.08. The molecule has 0 aliphatic carbocycles. The second-order valence-corrected chi connectivity index (χ2v) is 10.8. The molecule has 0 saturated heterocycles. The summed E-state index contributed by atoms with van der Waals surface area (Å²) in [6.07, 6.45) is 4.08. The van der Waals surface area contributed by atoms with Crippen LogP contribution in [0.4, 0.5) is 0 Å². The van der Waals surface area contributed by atoms with Gasteiger partial charge in [-0.2, -0.15) is 12.6 Å². The Labute approximate surface area is 242 Å². The molecule has 0 atom stereocenters. The third-order valence-electron chi connectivity index (χ3n) is 3.70. The van der Waals surface area contributed by atoms with E-state index in [4.69, 9.17) is 73.2 Å². The Morgan fingerprint density at radius 1 is 0.912 bits per heavy atom. The Morgan fingerprint density at radius 2 is 1.41 bits per heavy atom. The van der Waals surface area contributed by atoms with Crippen molar-refractivity contribution in [3.05, 3.63) is 84.5 Å². The molecule has 4 nitrogen and oxygen atoms in total. The first-order chi connectivity index (χ1) is 16.2. The van der Waals surface area contributed by atoms with Crippen molar-refractivity contribution in [3.63, 3.8) is 0 Å². The van der Waals surface area contributed by atoms with E-state index in [0.29, 0.717) is 52.0 Å². The van der Waals surface area contributed by atoms with Crippen molar-refractivity contribution in [1.29, 1.82) is 0 Å². The zero-order valence-corrected chi connectivity index (χ0v) is 24.1. The van der Waals surface area contributed by atoms with Gasteiger partial charge in [-0.15, -0.1) is 0 Å². The van der Waals surface area contributed by atoms with E-state index in [1.54, 1.807) is 48.8 Å². The first kappa shape index (κ1) is 30.0. The fraction of sp³-hybridized carbons (Fsp3) is 0.143. The lowest BCUT2D eigenvalue weighted by Crippen LogP contribution is -2.24. The number of halogens is 6. The zero-order chi connectivity index (χ0) is 25.1. The summed E-state index contributed by atoms with van der Waals surface area (Å²) in [5.74, 6) is 0.711. The molecule has 3 rings (SSSR count). The first-order valence-electron chi connectivity index (χ1n) is 9.32. The zero-order valence-electron chi connectivity index (χ0n) is 17.0. The second-order valence-electron chi connectivity index (χ2n) is 6.21. The third-order valence-corrected chi connectivity index (χ3v) is 7.86. The number of nitrogens with zero attached hydrogens (tertiary/aromatic N) is 1. The Morgan fingerprint density at radius 3 is 1.82 bits per heavy atom. The lowest BCUT2D eigenvalue weighted by atomic mass is 10.2. The smallest absolute Gasteiger partial charge is 0.252 e. The van der Waals surface area contributed by atoms with Gasteiger partial charge in [0.15, 0.2) is 0 Å². The van der Waals surface area contributed by atoms with Gasteiger partial charge in [-0.3, -0.25) is 9.78 Å². The average molecular weight is 637 g/mol. The van der Waals surface area contributed by atoms with Crippen LogP contribution in [-0.2, 0) is 3.63 Å². The van der Waals surface area contributed by atoms with Crippen molar-refractivity contribution in [2.75, 3.05) is 12.3 Å². The fourth-order valence-electron chi connectivity index (χ4n) is 2.18. The van der Waals surface area contributed by atoms with Gasteiger partial charge in [-0.1, -0.05) is 69.6 Å². The van der Waals surface area contributed by atoms with Gasteiger partial charge in [0.1, 0.15) is 0 Å². The molecule has 0 aliphatic rings. The number of pyridine rings is 1. The number of nitrogens with one attached hydrogen (secondary N) is 1. The number of hydrogen-bond donors (Lipinski definition) is 2. The van der Waals surface area contributed by atoms with E-state index in [9.17, 15) is 4.79 Å². The number of amides is 1. The molecule has 0 radical (unpaired) electrons. The normalized spacial score (nSPS) is 10.4. The van der Waals surface area contributed by atoms with Crippen molar-refractivity contribution in [1.82, 2.24) is 10.3 Å². The van der Waals surface area contributed by atoms with Crippen molar-refractivity contribution in [2.24, 2.45) is 0 Å². The minimum atomic E-state index is -0.0742. The molecule has 0 bridgehead atoms. The van der Waals surface area contributed by atoms with Crippen molar-refractivity contribution < 1.29 is 8.42 Å². The maximum atomic E-state index is 11.3. The molecule has 0 saturated carbocycles. The average Bonchev–Trinajstić information content (AvgIpc) is 2.78. The molecule has 0 fully saturated rings. The molecular formula is C21H16Cl6N2O2S3. The van der Waals surface area contributed by atoms with Gasteiger partial charge in [0.05, 0.1) is 35.4 Å². The van der Waals surface area contributed by atoms with Crippen LogP contribution >= 0.6 is 106 Å². The molecule has 34 heavy (non-hydrogen) atoms. The van der Waals surface area contributed by atoms with E-state index >= 15 is 0 Å². The summed E-state index contributed by atoms with van der Waals surface area (Å²) in [5.41, 5.74) is 0.599. The predicted molar refractivity (Wildman–Crippen MR) is 151 cm³/mol. The third kappa shape index (κ3) is 10.1. The SMILES string of the molecule is Clc1cc(Cl)c(SOSc2c(Cl)cc(Cl)cc2Cl)c(Cl)c1.O=C(NCCCS)c1cccnc1. The number of carbonyl (C=O) groups is 1. The van der Waals surface area contributed by atoms with Gasteiger partial charge in [0.25, 0.3) is 5.91 Å². The van der Waals surface area contributed by atoms with Crippen LogP contribution < -0.4 is 5.32 Å². The highest BCUT2D eigenvalue weighted by Gasteiger charge is 2.13. The number of benzene rings is 2. The molecule has 3 aromatic rings. The number of aromatic nitrogens is 1. The molecule has 2 aromatic carbocycles. The maximum Gasteiger partial charge on any atom is 0.252 e. The van der Waals surface area contributed by atoms with Crippen LogP contribution in [0.3, 0.4) is 0 Å². The van der Waals surface area contributed by atoms with E-state index in [0.717, 1.165) is 36.3 Å². The summed E-state index contributed by atoms with van der Waals surface area (Å²) in [6, 6.07) is 9.79. The summed E-state index contributed by atoms with van der Waals surface area (Å²) >= 11 is 41.9. The summed E-state index contributed by atoms with van der Waals surface area (Å²) in [7, 11) is 0. The Kier molecular flexibility index (Phi) is 14.0. The fourth-order valence-corrected chi connectivity index (χ4v) is 5.59. The van der Waals surface area contributed by atoms with E-state index in [1.165, 1.54) is 0 Å². The predicted octanol–water partition coefficient (Wildman–Crippen LogP) is 9.47.